The lowest BCUT2D eigenvalue weighted by Crippen LogP contribution is -2.15. The lowest BCUT2D eigenvalue weighted by molar-refractivity contribution is 0.590. The largest absolute Gasteiger partial charge is 0.310 e. The zero-order chi connectivity index (χ0) is 44.8. The van der Waals surface area contributed by atoms with E-state index in [2.05, 4.69) is 123 Å². The van der Waals surface area contributed by atoms with Gasteiger partial charge in [0, 0.05) is 32.5 Å². The van der Waals surface area contributed by atoms with Crippen LogP contribution in [0.3, 0.4) is 0 Å². The van der Waals surface area contributed by atoms with Gasteiger partial charge in [-0.3, -0.25) is 0 Å². The van der Waals surface area contributed by atoms with E-state index in [0.29, 0.717) is 28.7 Å². The molecule has 0 saturated carbocycles. The Balaban J connectivity index is 1.44. The number of halogens is 1. The maximum atomic E-state index is 8.89. The molecule has 0 amide bonds. The Kier molecular flexibility index (Phi) is 9.06. The first-order valence-corrected chi connectivity index (χ1v) is 20.2. The highest BCUT2D eigenvalue weighted by Crippen LogP contribution is 2.45. The van der Waals surface area contributed by atoms with Crippen LogP contribution in [0.15, 0.2) is 180 Å². The molecule has 5 heteroatoms. The Bertz CT molecular complexity index is 2910. The zero-order valence-corrected chi connectivity index (χ0v) is 35.1. The molecule has 4 nitrogen and oxygen atoms in total. The molecule has 58 heavy (non-hydrogen) atoms. The molecule has 0 N–H and O–H groups in total. The van der Waals surface area contributed by atoms with Crippen LogP contribution < -0.4 is 4.90 Å². The van der Waals surface area contributed by atoms with Gasteiger partial charge in [0.1, 0.15) is 0 Å². The van der Waals surface area contributed by atoms with Gasteiger partial charge in [-0.1, -0.05) is 191 Å². The normalized spacial score (nSPS) is 12.9. The minimum Gasteiger partial charge on any atom is -0.310 e. The van der Waals surface area contributed by atoms with Crippen LogP contribution in [-0.2, 0) is 10.8 Å². The van der Waals surface area contributed by atoms with E-state index in [4.69, 9.17) is 21.8 Å². The molecule has 1 aromatic heterocycles. The number of aromatic nitrogens is 3. The Labute approximate surface area is 358 Å². The quantitative estimate of drug-likeness (QED) is 0.153. The number of nitrogens with zero attached hydrogens (tertiary/aromatic N) is 4. The summed E-state index contributed by atoms with van der Waals surface area (Å²) in [5.41, 5.74) is 9.35. The molecule has 286 valence electrons. The topological polar surface area (TPSA) is 41.9 Å². The molecule has 0 spiro atoms. The van der Waals surface area contributed by atoms with Crippen LogP contribution in [0.2, 0.25) is 0 Å². The van der Waals surface area contributed by atoms with Crippen molar-refractivity contribution >= 4 is 33.0 Å². The number of hydrogen-bond acceptors (Lipinski definition) is 4. The summed E-state index contributed by atoms with van der Waals surface area (Å²) in [6.07, 6.45) is 0. The molecule has 0 aliphatic heterocycles. The third-order valence-corrected chi connectivity index (χ3v) is 10.6. The summed E-state index contributed by atoms with van der Waals surface area (Å²) in [5, 5.41) is 0. The average Bonchev–Trinajstić information content (AvgIpc) is 3.28. The summed E-state index contributed by atoms with van der Waals surface area (Å²) in [6, 6.07) is 46.9. The third kappa shape index (κ3) is 8.41. The van der Waals surface area contributed by atoms with Crippen LogP contribution in [0.25, 0.3) is 56.4 Å². The van der Waals surface area contributed by atoms with Crippen molar-refractivity contribution in [3.63, 3.8) is 0 Å². The Hall–Kier alpha value is -6.17. The Morgan fingerprint density at radius 1 is 0.448 bits per heavy atom. The van der Waals surface area contributed by atoms with E-state index in [1.807, 2.05) is 78.9 Å². The minimum absolute atomic E-state index is 0.0633. The van der Waals surface area contributed by atoms with Crippen LogP contribution in [-0.4, -0.2) is 15.0 Å². The van der Waals surface area contributed by atoms with Gasteiger partial charge in [-0.15, -0.1) is 0 Å². The molecular weight excluding hydrogens is 773 g/mol. The highest BCUT2D eigenvalue weighted by atomic mass is 79.9. The molecule has 0 unspecified atom stereocenters. The number of rotatable bonds is 8. The molecule has 0 atom stereocenters. The lowest BCUT2D eigenvalue weighted by atomic mass is 9.85. The maximum absolute atomic E-state index is 8.89. The van der Waals surface area contributed by atoms with Crippen molar-refractivity contribution in [3.8, 4) is 56.4 Å². The molecule has 8 aromatic rings. The van der Waals surface area contributed by atoms with Crippen LogP contribution in [0, 0.1) is 0 Å². The fourth-order valence-electron chi connectivity index (χ4n) is 6.96. The zero-order valence-electron chi connectivity index (χ0n) is 38.5. The standard InChI is InChI=1S/C53H47BrN4/c1-52(2,3)42-26-16-24-39(30-42)41-31-44(54)35-46(33-41)58(45-27-17-25-40(32-45)36-18-10-7-11-19-36)48-29-28-43(53(4,5)6)34-47(48)51-56-49(37-20-12-8-13-21-37)55-50(57-51)38-22-14-9-15-23-38/h7-35H,1-6H3/i7D,10D,11D,18D,19D. The van der Waals surface area contributed by atoms with E-state index in [1.54, 1.807) is 6.07 Å². The van der Waals surface area contributed by atoms with Gasteiger partial charge in [-0.2, -0.15) is 0 Å². The summed E-state index contributed by atoms with van der Waals surface area (Å²) in [6.45, 7) is 13.2. The molecule has 7 aromatic carbocycles. The molecule has 1 heterocycles. The fraction of sp³-hybridized carbons (Fsp3) is 0.151. The van der Waals surface area contributed by atoms with Gasteiger partial charge in [-0.05, 0) is 86.7 Å². The van der Waals surface area contributed by atoms with Crippen LogP contribution in [0.4, 0.5) is 17.1 Å². The van der Waals surface area contributed by atoms with Crippen molar-refractivity contribution in [2.75, 3.05) is 4.90 Å². The van der Waals surface area contributed by atoms with Crippen molar-refractivity contribution < 1.29 is 6.85 Å². The Morgan fingerprint density at radius 2 is 0.983 bits per heavy atom. The van der Waals surface area contributed by atoms with Crippen LogP contribution >= 0.6 is 15.9 Å². The van der Waals surface area contributed by atoms with Crippen molar-refractivity contribution in [2.45, 2.75) is 52.4 Å². The van der Waals surface area contributed by atoms with E-state index in [0.717, 1.165) is 49.2 Å². The molecule has 8 rings (SSSR count). The van der Waals surface area contributed by atoms with Gasteiger partial charge in [0.25, 0.3) is 0 Å². The van der Waals surface area contributed by atoms with Crippen LogP contribution in [0.5, 0.6) is 0 Å². The second-order valence-corrected chi connectivity index (χ2v) is 17.4. The van der Waals surface area contributed by atoms with E-state index in [1.165, 1.54) is 5.56 Å². The van der Waals surface area contributed by atoms with Gasteiger partial charge in [0.15, 0.2) is 17.5 Å². The van der Waals surface area contributed by atoms with Crippen LogP contribution in [0.1, 0.15) is 59.5 Å². The van der Waals surface area contributed by atoms with Gasteiger partial charge in [0.05, 0.1) is 12.5 Å². The highest BCUT2D eigenvalue weighted by molar-refractivity contribution is 9.10. The summed E-state index contributed by atoms with van der Waals surface area (Å²) >= 11 is 3.88. The molecule has 0 fully saturated rings. The lowest BCUT2D eigenvalue weighted by Gasteiger charge is -2.30. The summed E-state index contributed by atoms with van der Waals surface area (Å²) < 4.78 is 43.9. The molecular formula is C53H47BrN4. The van der Waals surface area contributed by atoms with Crippen molar-refractivity contribution in [2.24, 2.45) is 0 Å². The first-order valence-electron chi connectivity index (χ1n) is 21.9. The van der Waals surface area contributed by atoms with Crippen molar-refractivity contribution in [1.82, 2.24) is 15.0 Å². The molecule has 0 aliphatic carbocycles. The minimum atomic E-state index is -0.436. The number of hydrogen-bond donors (Lipinski definition) is 0. The van der Waals surface area contributed by atoms with E-state index >= 15 is 0 Å². The first-order chi connectivity index (χ1) is 30.0. The predicted molar refractivity (Wildman–Crippen MR) is 247 cm³/mol. The second kappa shape index (κ2) is 16.0. The molecule has 0 aliphatic rings. The highest BCUT2D eigenvalue weighted by Gasteiger charge is 2.25. The van der Waals surface area contributed by atoms with Gasteiger partial charge >= 0.3 is 0 Å². The fourth-order valence-corrected chi connectivity index (χ4v) is 7.44. The summed E-state index contributed by atoms with van der Waals surface area (Å²) in [5.74, 6) is 1.54. The first kappa shape index (κ1) is 32.9. The van der Waals surface area contributed by atoms with Gasteiger partial charge in [-0.25, -0.2) is 15.0 Å². The summed E-state index contributed by atoms with van der Waals surface area (Å²) in [4.78, 5) is 17.6. The smallest absolute Gasteiger partial charge is 0.166 e. The maximum Gasteiger partial charge on any atom is 0.166 e. The molecule has 0 bridgehead atoms. The van der Waals surface area contributed by atoms with Crippen molar-refractivity contribution in [3.05, 3.63) is 191 Å². The molecule has 0 radical (unpaired) electrons. The number of anilines is 3. The summed E-state index contributed by atoms with van der Waals surface area (Å²) in [7, 11) is 0. The predicted octanol–water partition coefficient (Wildman–Crippen LogP) is 15.0. The van der Waals surface area contributed by atoms with E-state index < -0.39 is 6.04 Å². The van der Waals surface area contributed by atoms with Crippen molar-refractivity contribution in [1.29, 1.82) is 0 Å². The van der Waals surface area contributed by atoms with E-state index in [-0.39, 0.29) is 40.6 Å². The second-order valence-electron chi connectivity index (χ2n) is 16.4. The third-order valence-electron chi connectivity index (χ3n) is 10.1. The van der Waals surface area contributed by atoms with Gasteiger partial charge < -0.3 is 4.90 Å². The van der Waals surface area contributed by atoms with Gasteiger partial charge in [0.2, 0.25) is 0 Å². The monoisotopic (exact) mass is 823 g/mol. The average molecular weight is 825 g/mol. The Morgan fingerprint density at radius 3 is 1.60 bits per heavy atom. The van der Waals surface area contributed by atoms with E-state index in [9.17, 15) is 0 Å². The number of benzene rings is 7. The molecule has 0 saturated heterocycles. The SMILES string of the molecule is [2H]c1c([2H])c([2H])c(-c2cccc(N(c3cc(Br)cc(-c4cccc(C(C)(C)C)c4)c3)c3ccc(C(C)(C)C)cc3-c3nc(-c4ccccc4)nc(-c4ccccc4)n3)c2)c([2H])c1[2H].